The zero-order valence-electron chi connectivity index (χ0n) is 12.5. The van der Waals surface area contributed by atoms with E-state index in [4.69, 9.17) is 5.11 Å². The first-order valence-electron chi connectivity index (χ1n) is 7.82. The Bertz CT molecular complexity index is 779. The Morgan fingerprint density at radius 1 is 1.22 bits per heavy atom. The molecule has 2 unspecified atom stereocenters. The fourth-order valence-corrected chi connectivity index (χ4v) is 3.14. The molecule has 0 spiro atoms. The van der Waals surface area contributed by atoms with Crippen LogP contribution in [0, 0.1) is 17.8 Å². The van der Waals surface area contributed by atoms with Gasteiger partial charge in [0.15, 0.2) is 5.69 Å². The van der Waals surface area contributed by atoms with Gasteiger partial charge in [0.05, 0.1) is 11.4 Å². The standard InChI is InChI=1S/C17H17N3O3/c21-16(12-9-11(12)10-5-6-10)18-13-3-1-2-4-15(13)20-8-7-14(19-20)17(22)23/h1-4,7-8,10-12H,5-6,9H2,(H,18,21)(H,22,23). The van der Waals surface area contributed by atoms with Crippen LogP contribution in [-0.2, 0) is 4.79 Å². The molecule has 2 saturated carbocycles. The summed E-state index contributed by atoms with van der Waals surface area (Å²) < 4.78 is 1.48. The van der Waals surface area contributed by atoms with Crippen molar-refractivity contribution < 1.29 is 14.7 Å². The van der Waals surface area contributed by atoms with E-state index in [0.717, 1.165) is 12.3 Å². The van der Waals surface area contributed by atoms with Crippen LogP contribution in [0.1, 0.15) is 29.8 Å². The minimum absolute atomic E-state index is 0.0258. The number of aromatic nitrogens is 2. The number of hydrogen-bond acceptors (Lipinski definition) is 3. The second kappa shape index (κ2) is 5.22. The fraction of sp³-hybridized carbons (Fsp3) is 0.353. The van der Waals surface area contributed by atoms with Crippen molar-refractivity contribution >= 4 is 17.6 Å². The van der Waals surface area contributed by atoms with Gasteiger partial charge in [-0.2, -0.15) is 5.10 Å². The maximum Gasteiger partial charge on any atom is 0.356 e. The minimum Gasteiger partial charge on any atom is -0.476 e. The molecule has 6 nitrogen and oxygen atoms in total. The summed E-state index contributed by atoms with van der Waals surface area (Å²) in [5, 5.41) is 16.0. The number of amides is 1. The van der Waals surface area contributed by atoms with Gasteiger partial charge >= 0.3 is 5.97 Å². The smallest absolute Gasteiger partial charge is 0.356 e. The molecule has 1 aromatic carbocycles. The molecule has 118 valence electrons. The van der Waals surface area contributed by atoms with Crippen molar-refractivity contribution in [1.82, 2.24) is 9.78 Å². The lowest BCUT2D eigenvalue weighted by atomic mass is 10.2. The van der Waals surface area contributed by atoms with Crippen molar-refractivity contribution in [2.24, 2.45) is 17.8 Å². The molecule has 6 heteroatoms. The molecule has 2 N–H and O–H groups in total. The van der Waals surface area contributed by atoms with E-state index in [0.29, 0.717) is 17.3 Å². The highest BCUT2D eigenvalue weighted by Gasteiger charge is 2.51. The van der Waals surface area contributed by atoms with E-state index < -0.39 is 5.97 Å². The van der Waals surface area contributed by atoms with Crippen LogP contribution in [0.5, 0.6) is 0 Å². The summed E-state index contributed by atoms with van der Waals surface area (Å²) in [5.74, 6) is 0.425. The highest BCUT2D eigenvalue weighted by Crippen LogP contribution is 2.54. The van der Waals surface area contributed by atoms with E-state index in [1.54, 1.807) is 12.3 Å². The van der Waals surface area contributed by atoms with E-state index in [2.05, 4.69) is 10.4 Å². The Labute approximate surface area is 133 Å². The van der Waals surface area contributed by atoms with Gasteiger partial charge in [0.1, 0.15) is 0 Å². The number of carbonyl (C=O) groups is 2. The zero-order chi connectivity index (χ0) is 16.0. The Morgan fingerprint density at radius 3 is 2.70 bits per heavy atom. The summed E-state index contributed by atoms with van der Waals surface area (Å²) in [4.78, 5) is 23.3. The molecule has 0 radical (unpaired) electrons. The average molecular weight is 311 g/mol. The third-order valence-corrected chi connectivity index (χ3v) is 4.62. The normalized spacial score (nSPS) is 22.6. The first-order valence-corrected chi connectivity index (χ1v) is 7.82. The summed E-state index contributed by atoms with van der Waals surface area (Å²) in [7, 11) is 0. The van der Waals surface area contributed by atoms with Crippen LogP contribution in [0.2, 0.25) is 0 Å². The lowest BCUT2D eigenvalue weighted by Gasteiger charge is -2.11. The molecule has 2 aliphatic rings. The average Bonchev–Trinajstić information content (AvgIpc) is 3.43. The molecular formula is C17H17N3O3. The van der Waals surface area contributed by atoms with Gasteiger partial charge in [-0.3, -0.25) is 4.79 Å². The van der Waals surface area contributed by atoms with Crippen LogP contribution in [0.25, 0.3) is 5.69 Å². The third kappa shape index (κ3) is 2.72. The molecule has 23 heavy (non-hydrogen) atoms. The van der Waals surface area contributed by atoms with Gasteiger partial charge in [0.2, 0.25) is 5.91 Å². The number of rotatable bonds is 5. The fourth-order valence-electron chi connectivity index (χ4n) is 3.14. The van der Waals surface area contributed by atoms with E-state index >= 15 is 0 Å². The molecule has 1 heterocycles. The number of carboxylic acids is 1. The Morgan fingerprint density at radius 2 is 2.00 bits per heavy atom. The monoisotopic (exact) mass is 311 g/mol. The lowest BCUT2D eigenvalue weighted by Crippen LogP contribution is -2.17. The van der Waals surface area contributed by atoms with Gasteiger partial charge in [-0.15, -0.1) is 0 Å². The van der Waals surface area contributed by atoms with Crippen molar-refractivity contribution in [3.63, 3.8) is 0 Å². The molecule has 0 bridgehead atoms. The maximum absolute atomic E-state index is 12.4. The van der Waals surface area contributed by atoms with Gasteiger partial charge in [0.25, 0.3) is 0 Å². The summed E-state index contributed by atoms with van der Waals surface area (Å²) in [5.41, 5.74) is 1.29. The summed E-state index contributed by atoms with van der Waals surface area (Å²) in [6.07, 6.45) is 5.09. The summed E-state index contributed by atoms with van der Waals surface area (Å²) in [6.45, 7) is 0. The number of nitrogens with zero attached hydrogens (tertiary/aromatic N) is 2. The number of hydrogen-bond donors (Lipinski definition) is 2. The van der Waals surface area contributed by atoms with Crippen LogP contribution in [0.15, 0.2) is 36.5 Å². The van der Waals surface area contributed by atoms with Crippen molar-refractivity contribution in [3.8, 4) is 5.69 Å². The van der Waals surface area contributed by atoms with E-state index in [9.17, 15) is 9.59 Å². The molecule has 2 aromatic rings. The van der Waals surface area contributed by atoms with Crippen LogP contribution < -0.4 is 5.32 Å². The van der Waals surface area contributed by atoms with Gasteiger partial charge in [0, 0.05) is 12.1 Å². The number of para-hydroxylation sites is 2. The topological polar surface area (TPSA) is 84.2 Å². The summed E-state index contributed by atoms with van der Waals surface area (Å²) >= 11 is 0. The van der Waals surface area contributed by atoms with Crippen LogP contribution in [-0.4, -0.2) is 26.8 Å². The molecule has 0 saturated heterocycles. The van der Waals surface area contributed by atoms with Gasteiger partial charge in [-0.25, -0.2) is 9.48 Å². The SMILES string of the molecule is O=C(O)c1ccn(-c2ccccc2NC(=O)C2CC2C2CC2)n1. The first-order chi connectivity index (χ1) is 11.1. The number of nitrogens with one attached hydrogen (secondary N) is 1. The third-order valence-electron chi connectivity index (χ3n) is 4.62. The highest BCUT2D eigenvalue weighted by molar-refractivity contribution is 5.96. The number of benzene rings is 1. The summed E-state index contributed by atoms with van der Waals surface area (Å²) in [6, 6.07) is 8.72. The number of aromatic carboxylic acids is 1. The van der Waals surface area contributed by atoms with Crippen LogP contribution in [0.4, 0.5) is 5.69 Å². The second-order valence-electron chi connectivity index (χ2n) is 6.30. The largest absolute Gasteiger partial charge is 0.476 e. The lowest BCUT2D eigenvalue weighted by molar-refractivity contribution is -0.117. The van der Waals surface area contributed by atoms with Crippen molar-refractivity contribution in [3.05, 3.63) is 42.2 Å². The van der Waals surface area contributed by atoms with E-state index in [1.807, 2.05) is 18.2 Å². The van der Waals surface area contributed by atoms with E-state index in [1.165, 1.54) is 23.6 Å². The van der Waals surface area contributed by atoms with Gasteiger partial charge < -0.3 is 10.4 Å². The number of anilines is 1. The van der Waals surface area contributed by atoms with Crippen molar-refractivity contribution in [2.75, 3.05) is 5.32 Å². The Kier molecular flexibility index (Phi) is 3.18. The first kappa shape index (κ1) is 14.0. The molecule has 2 atom stereocenters. The van der Waals surface area contributed by atoms with Crippen molar-refractivity contribution in [2.45, 2.75) is 19.3 Å². The molecule has 1 amide bonds. The van der Waals surface area contributed by atoms with E-state index in [-0.39, 0.29) is 17.5 Å². The molecule has 2 aliphatic carbocycles. The van der Waals surface area contributed by atoms with Crippen LogP contribution >= 0.6 is 0 Å². The maximum atomic E-state index is 12.4. The van der Waals surface area contributed by atoms with Gasteiger partial charge in [-0.05, 0) is 49.3 Å². The molecule has 1 aromatic heterocycles. The van der Waals surface area contributed by atoms with Crippen LogP contribution in [0.3, 0.4) is 0 Å². The number of carbonyl (C=O) groups excluding carboxylic acids is 1. The predicted octanol–water partition coefficient (Wildman–Crippen LogP) is 2.56. The minimum atomic E-state index is -1.07. The predicted molar refractivity (Wildman–Crippen MR) is 83.5 cm³/mol. The molecule has 2 fully saturated rings. The molecule has 4 rings (SSSR count). The van der Waals surface area contributed by atoms with Crippen molar-refractivity contribution in [1.29, 1.82) is 0 Å². The molecule has 0 aliphatic heterocycles. The Hall–Kier alpha value is -2.63. The second-order valence-corrected chi connectivity index (χ2v) is 6.30. The highest BCUT2D eigenvalue weighted by atomic mass is 16.4. The zero-order valence-corrected chi connectivity index (χ0v) is 12.5. The quantitative estimate of drug-likeness (QED) is 0.889. The number of carboxylic acid groups (broad SMARTS) is 1. The van der Waals surface area contributed by atoms with Gasteiger partial charge in [-0.1, -0.05) is 12.1 Å². The Balaban J connectivity index is 1.54. The molecular weight excluding hydrogens is 294 g/mol.